The van der Waals surface area contributed by atoms with Crippen LogP contribution in [0.4, 0.5) is 0 Å². The molecule has 2 aliphatic rings. The Morgan fingerprint density at radius 3 is 2.41 bits per heavy atom. The fourth-order valence-electron chi connectivity index (χ4n) is 2.97. The summed E-state index contributed by atoms with van der Waals surface area (Å²) in [6, 6.07) is 5.18. The van der Waals surface area contributed by atoms with Gasteiger partial charge in [-0.1, -0.05) is 29.3 Å². The molecule has 1 aliphatic heterocycles. The second-order valence-corrected chi connectivity index (χ2v) is 9.06. The second kappa shape index (κ2) is 6.02. The van der Waals surface area contributed by atoms with E-state index >= 15 is 0 Å². The molecule has 0 bridgehead atoms. The minimum Gasteiger partial charge on any atom is -0.335 e. The van der Waals surface area contributed by atoms with Crippen LogP contribution in [0.5, 0.6) is 0 Å². The number of hydrogen-bond donors (Lipinski definition) is 0. The lowest BCUT2D eigenvalue weighted by atomic mass is 10.1. The van der Waals surface area contributed by atoms with Crippen LogP contribution in [0.15, 0.2) is 18.2 Å². The first-order chi connectivity index (χ1) is 10.4. The Hall–Kier alpha value is -0.780. The summed E-state index contributed by atoms with van der Waals surface area (Å²) in [5.74, 6) is 0.250. The highest BCUT2D eigenvalue weighted by molar-refractivity contribution is 7.91. The third kappa shape index (κ3) is 3.58. The number of hydrogen-bond acceptors (Lipinski definition) is 3. The van der Waals surface area contributed by atoms with Crippen molar-refractivity contribution in [2.24, 2.45) is 0 Å². The van der Waals surface area contributed by atoms with E-state index in [-0.39, 0.29) is 35.9 Å². The lowest BCUT2D eigenvalue weighted by molar-refractivity contribution is -0.133. The molecule has 7 heteroatoms. The van der Waals surface area contributed by atoms with Crippen LogP contribution in [-0.2, 0) is 21.1 Å². The van der Waals surface area contributed by atoms with Gasteiger partial charge < -0.3 is 4.90 Å². The van der Waals surface area contributed by atoms with Crippen molar-refractivity contribution in [2.45, 2.75) is 37.8 Å². The summed E-state index contributed by atoms with van der Waals surface area (Å²) >= 11 is 11.9. The van der Waals surface area contributed by atoms with E-state index in [1.54, 1.807) is 23.1 Å². The molecule has 1 aliphatic carbocycles. The van der Waals surface area contributed by atoms with Crippen molar-refractivity contribution < 1.29 is 13.2 Å². The molecule has 1 saturated carbocycles. The third-order valence-corrected chi connectivity index (χ3v) is 6.66. The zero-order valence-corrected chi connectivity index (χ0v) is 14.3. The fraction of sp³-hybridized carbons (Fsp3) is 0.533. The van der Waals surface area contributed by atoms with Crippen molar-refractivity contribution >= 4 is 38.9 Å². The van der Waals surface area contributed by atoms with Crippen LogP contribution in [-0.4, -0.2) is 42.8 Å². The maximum Gasteiger partial charge on any atom is 0.227 e. The first kappa shape index (κ1) is 16.1. The highest BCUT2D eigenvalue weighted by Gasteiger charge is 2.41. The van der Waals surface area contributed by atoms with Gasteiger partial charge in [0.1, 0.15) is 0 Å². The summed E-state index contributed by atoms with van der Waals surface area (Å²) < 4.78 is 23.4. The fourth-order valence-corrected chi connectivity index (χ4v) is 5.00. The van der Waals surface area contributed by atoms with Gasteiger partial charge in [-0.25, -0.2) is 8.42 Å². The molecule has 0 N–H and O–H groups in total. The van der Waals surface area contributed by atoms with Gasteiger partial charge in [0.2, 0.25) is 5.91 Å². The zero-order chi connectivity index (χ0) is 15.9. The van der Waals surface area contributed by atoms with Gasteiger partial charge in [-0.05, 0) is 37.0 Å². The molecule has 2 fully saturated rings. The molecule has 1 heterocycles. The first-order valence-electron chi connectivity index (χ1n) is 7.31. The number of rotatable bonds is 4. The molecule has 3 rings (SSSR count). The molecule has 1 aromatic carbocycles. The SMILES string of the molecule is O=C(Cc1ccc(Cl)c(Cl)c1)N(C1CC1)C1CCS(=O)(=O)C1. The quantitative estimate of drug-likeness (QED) is 0.828. The van der Waals surface area contributed by atoms with Crippen LogP contribution in [0.3, 0.4) is 0 Å². The van der Waals surface area contributed by atoms with Gasteiger partial charge in [-0.2, -0.15) is 0 Å². The molecule has 22 heavy (non-hydrogen) atoms. The van der Waals surface area contributed by atoms with Gasteiger partial charge in [0.05, 0.1) is 28.0 Å². The van der Waals surface area contributed by atoms with Gasteiger partial charge in [0.25, 0.3) is 0 Å². The van der Waals surface area contributed by atoms with Gasteiger partial charge >= 0.3 is 0 Å². The summed E-state index contributed by atoms with van der Waals surface area (Å²) in [6.45, 7) is 0. The van der Waals surface area contributed by atoms with Crippen molar-refractivity contribution in [1.82, 2.24) is 4.90 Å². The van der Waals surface area contributed by atoms with Gasteiger partial charge in [0, 0.05) is 12.1 Å². The summed E-state index contributed by atoms with van der Waals surface area (Å²) in [5.41, 5.74) is 0.797. The molecule has 0 aromatic heterocycles. The number of sulfone groups is 1. The molecule has 1 aromatic rings. The Morgan fingerprint density at radius 1 is 1.14 bits per heavy atom. The monoisotopic (exact) mass is 361 g/mol. The zero-order valence-electron chi connectivity index (χ0n) is 12.0. The van der Waals surface area contributed by atoms with E-state index in [4.69, 9.17) is 23.2 Å². The Kier molecular flexibility index (Phi) is 4.40. The topological polar surface area (TPSA) is 54.5 Å². The Bertz CT molecular complexity index is 701. The lowest BCUT2D eigenvalue weighted by Gasteiger charge is -2.28. The summed E-state index contributed by atoms with van der Waals surface area (Å²) in [7, 11) is -3.00. The van der Waals surface area contributed by atoms with Crippen LogP contribution in [0.1, 0.15) is 24.8 Å². The highest BCUT2D eigenvalue weighted by atomic mass is 35.5. The number of nitrogens with zero attached hydrogens (tertiary/aromatic N) is 1. The molecule has 1 unspecified atom stereocenters. The van der Waals surface area contributed by atoms with Crippen LogP contribution < -0.4 is 0 Å². The smallest absolute Gasteiger partial charge is 0.227 e. The average Bonchev–Trinajstić information content (AvgIpc) is 3.19. The van der Waals surface area contributed by atoms with E-state index < -0.39 is 9.84 Å². The molecular weight excluding hydrogens is 345 g/mol. The van der Waals surface area contributed by atoms with Crippen LogP contribution in [0.25, 0.3) is 0 Å². The van der Waals surface area contributed by atoms with Gasteiger partial charge in [0.15, 0.2) is 9.84 Å². The maximum atomic E-state index is 12.6. The average molecular weight is 362 g/mol. The molecule has 120 valence electrons. The van der Waals surface area contributed by atoms with E-state index in [1.165, 1.54) is 0 Å². The largest absolute Gasteiger partial charge is 0.335 e. The first-order valence-corrected chi connectivity index (χ1v) is 9.89. The van der Waals surface area contributed by atoms with E-state index in [2.05, 4.69) is 0 Å². The molecule has 1 atom stereocenters. The minimum absolute atomic E-state index is 0.0250. The molecule has 4 nitrogen and oxygen atoms in total. The third-order valence-electron chi connectivity index (χ3n) is 4.17. The molecular formula is C15H17Cl2NO3S. The van der Waals surface area contributed by atoms with Crippen molar-refractivity contribution in [3.8, 4) is 0 Å². The number of benzene rings is 1. The Balaban J connectivity index is 1.74. The lowest BCUT2D eigenvalue weighted by Crippen LogP contribution is -2.43. The van der Waals surface area contributed by atoms with Crippen molar-refractivity contribution in [3.05, 3.63) is 33.8 Å². The Morgan fingerprint density at radius 2 is 1.86 bits per heavy atom. The van der Waals surface area contributed by atoms with Gasteiger partial charge in [-0.15, -0.1) is 0 Å². The minimum atomic E-state index is -3.00. The Labute approximate surface area is 140 Å². The predicted molar refractivity (Wildman–Crippen MR) is 87.1 cm³/mol. The van der Waals surface area contributed by atoms with Crippen LogP contribution in [0.2, 0.25) is 10.0 Å². The molecule has 1 amide bonds. The molecule has 0 radical (unpaired) electrons. The van der Waals surface area contributed by atoms with E-state index in [0.717, 1.165) is 18.4 Å². The van der Waals surface area contributed by atoms with E-state index in [9.17, 15) is 13.2 Å². The number of carbonyl (C=O) groups excluding carboxylic acids is 1. The van der Waals surface area contributed by atoms with Crippen LogP contribution in [0, 0.1) is 0 Å². The number of amides is 1. The van der Waals surface area contributed by atoms with Crippen molar-refractivity contribution in [2.75, 3.05) is 11.5 Å². The number of halogens is 2. The van der Waals surface area contributed by atoms with E-state index in [1.807, 2.05) is 0 Å². The summed E-state index contributed by atoms with van der Waals surface area (Å²) in [5, 5.41) is 0.882. The standard InChI is InChI=1S/C15H17Cl2NO3S/c16-13-4-1-10(7-14(13)17)8-15(19)18(11-2-3-11)12-5-6-22(20,21)9-12/h1,4,7,11-12H,2-3,5-6,8-9H2. The molecule has 1 saturated heterocycles. The van der Waals surface area contributed by atoms with Crippen molar-refractivity contribution in [3.63, 3.8) is 0 Å². The number of carbonyl (C=O) groups is 1. The predicted octanol–water partition coefficient (Wildman–Crippen LogP) is 2.71. The van der Waals surface area contributed by atoms with Crippen LogP contribution >= 0.6 is 23.2 Å². The molecule has 0 spiro atoms. The highest BCUT2D eigenvalue weighted by Crippen LogP contribution is 2.33. The van der Waals surface area contributed by atoms with Gasteiger partial charge in [-0.3, -0.25) is 4.79 Å². The maximum absolute atomic E-state index is 12.6. The summed E-state index contributed by atoms with van der Waals surface area (Å²) in [6.07, 6.45) is 2.70. The second-order valence-electron chi connectivity index (χ2n) is 6.01. The summed E-state index contributed by atoms with van der Waals surface area (Å²) in [4.78, 5) is 14.4. The van der Waals surface area contributed by atoms with E-state index in [0.29, 0.717) is 16.5 Å². The normalized spacial score (nSPS) is 23.5. The van der Waals surface area contributed by atoms with Crippen molar-refractivity contribution in [1.29, 1.82) is 0 Å².